The lowest BCUT2D eigenvalue weighted by atomic mass is 9.96. The lowest BCUT2D eigenvalue weighted by molar-refractivity contribution is -0.142. The number of rotatable bonds is 2. The van der Waals surface area contributed by atoms with E-state index in [4.69, 9.17) is 20.8 Å². The minimum absolute atomic E-state index is 0.144. The van der Waals surface area contributed by atoms with E-state index in [1.807, 2.05) is 23.1 Å². The van der Waals surface area contributed by atoms with Gasteiger partial charge in [-0.2, -0.15) is 0 Å². The molecule has 6 heteroatoms. The van der Waals surface area contributed by atoms with Gasteiger partial charge in [0.05, 0.1) is 0 Å². The van der Waals surface area contributed by atoms with Crippen LogP contribution in [-0.4, -0.2) is 41.6 Å². The van der Waals surface area contributed by atoms with Crippen molar-refractivity contribution in [2.24, 2.45) is 0 Å². The van der Waals surface area contributed by atoms with Gasteiger partial charge in [0, 0.05) is 30.6 Å². The van der Waals surface area contributed by atoms with Crippen molar-refractivity contribution >= 4 is 28.6 Å². The number of likely N-dealkylation sites (tertiary alicyclic amines) is 1. The van der Waals surface area contributed by atoms with Crippen LogP contribution in [0.4, 0.5) is 0 Å². The zero-order chi connectivity index (χ0) is 15.8. The number of benzene rings is 1. The molecule has 0 saturated carbocycles. The van der Waals surface area contributed by atoms with Gasteiger partial charge in [-0.3, -0.25) is 4.79 Å². The number of carbonyl (C=O) groups is 1. The third-order valence-electron chi connectivity index (χ3n) is 4.73. The van der Waals surface area contributed by atoms with Crippen LogP contribution in [-0.2, 0) is 9.53 Å². The topological polar surface area (TPSA) is 55.6 Å². The smallest absolute Gasteiger partial charge is 0.251 e. The summed E-state index contributed by atoms with van der Waals surface area (Å²) < 4.78 is 11.4. The van der Waals surface area contributed by atoms with E-state index in [2.05, 4.69) is 4.98 Å². The van der Waals surface area contributed by atoms with E-state index < -0.39 is 0 Å². The number of aromatic nitrogens is 1. The standard InChI is InChI=1S/C17H19ClN2O3/c18-12-3-4-14-13(10-12)19-16(23-14)11-5-7-20(8-6-11)17(21)15-2-1-9-22-15/h3-4,10-11,15H,1-2,5-9H2/t15-/m1/s1. The molecular formula is C17H19ClN2O3. The maximum atomic E-state index is 12.4. The minimum Gasteiger partial charge on any atom is -0.440 e. The number of piperidine rings is 1. The Balaban J connectivity index is 1.43. The molecule has 2 fully saturated rings. The van der Waals surface area contributed by atoms with Crippen molar-refractivity contribution in [3.8, 4) is 0 Å². The van der Waals surface area contributed by atoms with Crippen molar-refractivity contribution < 1.29 is 13.9 Å². The van der Waals surface area contributed by atoms with Gasteiger partial charge in [-0.15, -0.1) is 0 Å². The van der Waals surface area contributed by atoms with Crippen molar-refractivity contribution in [2.75, 3.05) is 19.7 Å². The zero-order valence-electron chi connectivity index (χ0n) is 12.8. The molecule has 0 bridgehead atoms. The van der Waals surface area contributed by atoms with Crippen LogP contribution in [0.3, 0.4) is 0 Å². The van der Waals surface area contributed by atoms with Crippen LogP contribution < -0.4 is 0 Å². The van der Waals surface area contributed by atoms with E-state index in [0.29, 0.717) is 11.6 Å². The maximum Gasteiger partial charge on any atom is 0.251 e. The molecule has 5 nitrogen and oxygen atoms in total. The Labute approximate surface area is 139 Å². The summed E-state index contributed by atoms with van der Waals surface area (Å²) in [4.78, 5) is 18.9. The van der Waals surface area contributed by atoms with Crippen LogP contribution in [0.2, 0.25) is 5.02 Å². The molecule has 0 aliphatic carbocycles. The molecule has 2 saturated heterocycles. The summed E-state index contributed by atoms with van der Waals surface area (Å²) in [6, 6.07) is 5.48. The van der Waals surface area contributed by atoms with Gasteiger partial charge in [0.25, 0.3) is 5.91 Å². The molecule has 1 aromatic carbocycles. The van der Waals surface area contributed by atoms with E-state index >= 15 is 0 Å². The van der Waals surface area contributed by atoms with E-state index in [1.54, 1.807) is 0 Å². The number of amides is 1. The average molecular weight is 335 g/mol. The van der Waals surface area contributed by atoms with Crippen molar-refractivity contribution in [1.29, 1.82) is 0 Å². The number of fused-ring (bicyclic) bond motifs is 1. The summed E-state index contributed by atoms with van der Waals surface area (Å²) in [6.45, 7) is 2.18. The molecule has 122 valence electrons. The highest BCUT2D eigenvalue weighted by Gasteiger charge is 2.32. The third kappa shape index (κ3) is 2.95. The molecule has 23 heavy (non-hydrogen) atoms. The molecule has 0 N–H and O–H groups in total. The molecule has 0 spiro atoms. The van der Waals surface area contributed by atoms with Gasteiger partial charge in [0.15, 0.2) is 11.5 Å². The third-order valence-corrected chi connectivity index (χ3v) is 4.96. The lowest BCUT2D eigenvalue weighted by Crippen LogP contribution is -2.43. The van der Waals surface area contributed by atoms with E-state index in [0.717, 1.165) is 55.8 Å². The largest absolute Gasteiger partial charge is 0.440 e. The van der Waals surface area contributed by atoms with Gasteiger partial charge in [0.2, 0.25) is 0 Å². The van der Waals surface area contributed by atoms with Crippen molar-refractivity contribution in [2.45, 2.75) is 37.7 Å². The molecule has 3 heterocycles. The van der Waals surface area contributed by atoms with Gasteiger partial charge in [0.1, 0.15) is 11.6 Å². The Morgan fingerprint density at radius 2 is 2.09 bits per heavy atom. The maximum absolute atomic E-state index is 12.4. The Bertz CT molecular complexity index is 716. The Hall–Kier alpha value is -1.59. The van der Waals surface area contributed by atoms with Gasteiger partial charge in [-0.05, 0) is 43.9 Å². The number of hydrogen-bond donors (Lipinski definition) is 0. The first kappa shape index (κ1) is 15.0. The van der Waals surface area contributed by atoms with Crippen LogP contribution in [0, 0.1) is 0 Å². The fourth-order valence-corrected chi connectivity index (χ4v) is 3.58. The van der Waals surface area contributed by atoms with Gasteiger partial charge in [-0.25, -0.2) is 4.98 Å². The van der Waals surface area contributed by atoms with Crippen molar-refractivity contribution in [3.05, 3.63) is 29.1 Å². The quantitative estimate of drug-likeness (QED) is 0.845. The average Bonchev–Trinajstić information content (AvgIpc) is 3.23. The number of halogens is 1. The molecule has 4 rings (SSSR count). The van der Waals surface area contributed by atoms with E-state index in [1.165, 1.54) is 0 Å². The number of carbonyl (C=O) groups excluding carboxylic acids is 1. The molecule has 2 aliphatic heterocycles. The van der Waals surface area contributed by atoms with Crippen molar-refractivity contribution in [1.82, 2.24) is 9.88 Å². The predicted molar refractivity (Wildman–Crippen MR) is 86.5 cm³/mol. The minimum atomic E-state index is -0.224. The fraction of sp³-hybridized carbons (Fsp3) is 0.529. The van der Waals surface area contributed by atoms with Crippen LogP contribution in [0.15, 0.2) is 22.6 Å². The number of oxazole rings is 1. The fourth-order valence-electron chi connectivity index (χ4n) is 3.42. The summed E-state index contributed by atoms with van der Waals surface area (Å²) in [5.74, 6) is 1.16. The number of ether oxygens (including phenoxy) is 1. The first-order valence-electron chi connectivity index (χ1n) is 8.17. The Morgan fingerprint density at radius 3 is 2.83 bits per heavy atom. The lowest BCUT2D eigenvalue weighted by Gasteiger charge is -2.32. The van der Waals surface area contributed by atoms with Gasteiger partial charge < -0.3 is 14.1 Å². The van der Waals surface area contributed by atoms with Crippen molar-refractivity contribution in [3.63, 3.8) is 0 Å². The van der Waals surface area contributed by atoms with E-state index in [9.17, 15) is 4.79 Å². The van der Waals surface area contributed by atoms with Crippen LogP contribution in [0.5, 0.6) is 0 Å². The van der Waals surface area contributed by atoms with Crippen LogP contribution in [0.1, 0.15) is 37.5 Å². The Morgan fingerprint density at radius 1 is 1.26 bits per heavy atom. The second-order valence-electron chi connectivity index (χ2n) is 6.27. The first-order valence-corrected chi connectivity index (χ1v) is 8.55. The molecule has 1 aromatic heterocycles. The molecule has 0 radical (unpaired) electrons. The second kappa shape index (κ2) is 6.13. The molecule has 2 aromatic rings. The van der Waals surface area contributed by atoms with Crippen LogP contribution in [0.25, 0.3) is 11.1 Å². The molecular weight excluding hydrogens is 316 g/mol. The summed E-state index contributed by atoms with van der Waals surface area (Å²) in [6.07, 6.45) is 3.36. The first-order chi connectivity index (χ1) is 11.2. The molecule has 1 atom stereocenters. The predicted octanol–water partition coefficient (Wildman–Crippen LogP) is 3.37. The molecule has 0 unspecified atom stereocenters. The summed E-state index contributed by atoms with van der Waals surface area (Å²) in [5, 5.41) is 0.661. The normalized spacial score (nSPS) is 22.8. The SMILES string of the molecule is O=C([C@H]1CCCO1)N1CCC(c2nc3cc(Cl)ccc3o2)CC1. The highest BCUT2D eigenvalue weighted by molar-refractivity contribution is 6.31. The van der Waals surface area contributed by atoms with Gasteiger partial charge >= 0.3 is 0 Å². The van der Waals surface area contributed by atoms with Gasteiger partial charge in [-0.1, -0.05) is 11.6 Å². The van der Waals surface area contributed by atoms with E-state index in [-0.39, 0.29) is 17.9 Å². The monoisotopic (exact) mass is 334 g/mol. The summed E-state index contributed by atoms with van der Waals surface area (Å²) in [5.41, 5.74) is 1.56. The molecule has 1 amide bonds. The zero-order valence-corrected chi connectivity index (χ0v) is 13.6. The Kier molecular flexibility index (Phi) is 3.99. The highest BCUT2D eigenvalue weighted by atomic mass is 35.5. The highest BCUT2D eigenvalue weighted by Crippen LogP contribution is 2.31. The number of nitrogens with zero attached hydrogens (tertiary/aromatic N) is 2. The van der Waals surface area contributed by atoms with Crippen LogP contribution >= 0.6 is 11.6 Å². The summed E-state index contributed by atoms with van der Waals surface area (Å²) >= 11 is 5.99. The summed E-state index contributed by atoms with van der Waals surface area (Å²) in [7, 11) is 0. The number of hydrogen-bond acceptors (Lipinski definition) is 4. The second-order valence-corrected chi connectivity index (χ2v) is 6.70. The molecule has 2 aliphatic rings.